The van der Waals surface area contributed by atoms with Gasteiger partial charge in [0.05, 0.1) is 0 Å². The predicted octanol–water partition coefficient (Wildman–Crippen LogP) is 2.05. The fourth-order valence-electron chi connectivity index (χ4n) is 1.09. The molecule has 0 amide bonds. The number of halogens is 1. The molecule has 5 heteroatoms. The molecule has 1 atom stereocenters. The van der Waals surface area contributed by atoms with E-state index in [1.807, 2.05) is 6.26 Å². The van der Waals surface area contributed by atoms with Gasteiger partial charge in [-0.25, -0.2) is 9.18 Å². The van der Waals surface area contributed by atoms with Gasteiger partial charge in [0.2, 0.25) is 0 Å². The fourth-order valence-corrected chi connectivity index (χ4v) is 1.65. The molecule has 0 saturated carbocycles. The molecule has 0 aromatic heterocycles. The number of aliphatic carboxylic acids is 1. The predicted molar refractivity (Wildman–Crippen MR) is 59.8 cm³/mol. The maximum absolute atomic E-state index is 12.6. The van der Waals surface area contributed by atoms with E-state index in [9.17, 15) is 9.18 Å². The first kappa shape index (κ1) is 11.8. The van der Waals surface area contributed by atoms with Crippen molar-refractivity contribution in [3.63, 3.8) is 0 Å². The van der Waals surface area contributed by atoms with Gasteiger partial charge in [-0.2, -0.15) is 11.8 Å². The third-order valence-corrected chi connectivity index (χ3v) is 2.48. The molecule has 0 unspecified atom stereocenters. The molecule has 0 aliphatic carbocycles. The fraction of sp³-hybridized carbons (Fsp3) is 0.300. The highest BCUT2D eigenvalue weighted by Crippen LogP contribution is 2.11. The van der Waals surface area contributed by atoms with Gasteiger partial charge in [-0.15, -0.1) is 0 Å². The molecule has 2 N–H and O–H groups in total. The zero-order valence-electron chi connectivity index (χ0n) is 8.24. The van der Waals surface area contributed by atoms with E-state index in [0.717, 1.165) is 0 Å². The van der Waals surface area contributed by atoms with Gasteiger partial charge in [0.1, 0.15) is 11.9 Å². The first-order valence-corrected chi connectivity index (χ1v) is 5.76. The summed E-state index contributed by atoms with van der Waals surface area (Å²) in [7, 11) is 0. The number of carboxylic acid groups (broad SMARTS) is 1. The van der Waals surface area contributed by atoms with Gasteiger partial charge in [0.25, 0.3) is 0 Å². The minimum absolute atomic E-state index is 0.336. The standard InChI is InChI=1S/C10H12FNO2S/c1-15-6-9(10(13)14)12-8-4-2-7(11)3-5-8/h2-5,9,12H,6H2,1H3,(H,13,14)/t9-/m0/s1. The Labute approximate surface area is 91.7 Å². The molecule has 0 bridgehead atoms. The van der Waals surface area contributed by atoms with Crippen molar-refractivity contribution < 1.29 is 14.3 Å². The minimum Gasteiger partial charge on any atom is -0.480 e. The van der Waals surface area contributed by atoms with Gasteiger partial charge < -0.3 is 10.4 Å². The van der Waals surface area contributed by atoms with Crippen LogP contribution < -0.4 is 5.32 Å². The van der Waals surface area contributed by atoms with Crippen LogP contribution in [0.3, 0.4) is 0 Å². The highest BCUT2D eigenvalue weighted by Gasteiger charge is 2.15. The number of anilines is 1. The number of carbonyl (C=O) groups is 1. The second kappa shape index (κ2) is 5.60. The molecule has 0 fully saturated rings. The van der Waals surface area contributed by atoms with Crippen molar-refractivity contribution in [2.45, 2.75) is 6.04 Å². The monoisotopic (exact) mass is 229 g/mol. The smallest absolute Gasteiger partial charge is 0.326 e. The molecular formula is C10H12FNO2S. The molecule has 15 heavy (non-hydrogen) atoms. The van der Waals surface area contributed by atoms with Crippen LogP contribution in [0.15, 0.2) is 24.3 Å². The van der Waals surface area contributed by atoms with Gasteiger partial charge in [0.15, 0.2) is 0 Å². The van der Waals surface area contributed by atoms with Crippen LogP contribution in [0.25, 0.3) is 0 Å². The molecule has 0 saturated heterocycles. The van der Waals surface area contributed by atoms with Crippen molar-refractivity contribution in [2.24, 2.45) is 0 Å². The van der Waals surface area contributed by atoms with E-state index in [0.29, 0.717) is 11.4 Å². The number of carboxylic acids is 1. The number of nitrogens with one attached hydrogen (secondary N) is 1. The number of hydrogen-bond acceptors (Lipinski definition) is 3. The van der Waals surface area contributed by atoms with E-state index in [2.05, 4.69) is 5.32 Å². The van der Waals surface area contributed by atoms with E-state index in [1.165, 1.54) is 36.0 Å². The Balaban J connectivity index is 2.65. The van der Waals surface area contributed by atoms with E-state index in [1.54, 1.807) is 0 Å². The Morgan fingerprint density at radius 1 is 1.53 bits per heavy atom. The average Bonchev–Trinajstić information content (AvgIpc) is 2.20. The molecule has 0 aliphatic rings. The highest BCUT2D eigenvalue weighted by atomic mass is 32.2. The molecule has 1 aromatic rings. The summed E-state index contributed by atoms with van der Waals surface area (Å²) in [5.41, 5.74) is 0.609. The van der Waals surface area contributed by atoms with Crippen LogP contribution in [-0.4, -0.2) is 29.1 Å². The lowest BCUT2D eigenvalue weighted by molar-refractivity contribution is -0.137. The summed E-state index contributed by atoms with van der Waals surface area (Å²) in [6, 6.07) is 4.98. The summed E-state index contributed by atoms with van der Waals surface area (Å²) in [5, 5.41) is 11.7. The highest BCUT2D eigenvalue weighted by molar-refractivity contribution is 7.98. The molecule has 0 radical (unpaired) electrons. The Hall–Kier alpha value is -1.23. The van der Waals surface area contributed by atoms with Crippen LogP contribution >= 0.6 is 11.8 Å². The SMILES string of the molecule is CSC[C@H](Nc1ccc(F)cc1)C(=O)O. The van der Waals surface area contributed by atoms with E-state index in [-0.39, 0.29) is 5.82 Å². The summed E-state index contributed by atoms with van der Waals surface area (Å²) < 4.78 is 12.6. The lowest BCUT2D eigenvalue weighted by atomic mass is 10.2. The van der Waals surface area contributed by atoms with Crippen molar-refractivity contribution >= 4 is 23.4 Å². The van der Waals surface area contributed by atoms with E-state index in [4.69, 9.17) is 5.11 Å². The van der Waals surface area contributed by atoms with Crippen LogP contribution in [0.1, 0.15) is 0 Å². The van der Waals surface area contributed by atoms with Crippen molar-refractivity contribution in [2.75, 3.05) is 17.3 Å². The Morgan fingerprint density at radius 3 is 2.60 bits per heavy atom. The molecule has 3 nitrogen and oxygen atoms in total. The Kier molecular flexibility index (Phi) is 4.42. The number of thioether (sulfide) groups is 1. The first-order valence-electron chi connectivity index (χ1n) is 4.37. The Bertz CT molecular complexity index is 329. The minimum atomic E-state index is -0.909. The average molecular weight is 229 g/mol. The first-order chi connectivity index (χ1) is 7.13. The second-order valence-corrected chi connectivity index (χ2v) is 3.91. The molecule has 0 heterocycles. The van der Waals surface area contributed by atoms with Crippen molar-refractivity contribution in [3.05, 3.63) is 30.1 Å². The lowest BCUT2D eigenvalue weighted by Gasteiger charge is -2.14. The van der Waals surface area contributed by atoms with Crippen LogP contribution in [0.2, 0.25) is 0 Å². The van der Waals surface area contributed by atoms with Crippen LogP contribution in [0.4, 0.5) is 10.1 Å². The summed E-state index contributed by atoms with van der Waals surface area (Å²) >= 11 is 1.44. The number of hydrogen-bond donors (Lipinski definition) is 2. The third-order valence-electron chi connectivity index (χ3n) is 1.82. The molecular weight excluding hydrogens is 217 g/mol. The molecule has 1 aromatic carbocycles. The summed E-state index contributed by atoms with van der Waals surface area (Å²) in [5.74, 6) is -0.779. The van der Waals surface area contributed by atoms with Crippen LogP contribution in [0, 0.1) is 5.82 Å². The lowest BCUT2D eigenvalue weighted by Crippen LogP contribution is -2.31. The summed E-state index contributed by atoms with van der Waals surface area (Å²) in [6.07, 6.45) is 1.84. The van der Waals surface area contributed by atoms with Crippen molar-refractivity contribution in [1.82, 2.24) is 0 Å². The Morgan fingerprint density at radius 2 is 2.13 bits per heavy atom. The van der Waals surface area contributed by atoms with Gasteiger partial charge in [-0.3, -0.25) is 0 Å². The summed E-state index contributed by atoms with van der Waals surface area (Å²) in [6.45, 7) is 0. The van der Waals surface area contributed by atoms with Crippen molar-refractivity contribution in [3.8, 4) is 0 Å². The topological polar surface area (TPSA) is 49.3 Å². The quantitative estimate of drug-likeness (QED) is 0.811. The maximum Gasteiger partial charge on any atom is 0.326 e. The van der Waals surface area contributed by atoms with Gasteiger partial charge in [0, 0.05) is 11.4 Å². The normalized spacial score (nSPS) is 12.1. The molecule has 1 rings (SSSR count). The molecule has 0 aliphatic heterocycles. The second-order valence-electron chi connectivity index (χ2n) is 3.00. The van der Waals surface area contributed by atoms with E-state index < -0.39 is 12.0 Å². The maximum atomic E-state index is 12.6. The molecule has 82 valence electrons. The zero-order chi connectivity index (χ0) is 11.3. The van der Waals surface area contributed by atoms with Gasteiger partial charge in [-0.1, -0.05) is 0 Å². The van der Waals surface area contributed by atoms with Crippen LogP contribution in [0.5, 0.6) is 0 Å². The van der Waals surface area contributed by atoms with Gasteiger partial charge in [-0.05, 0) is 30.5 Å². The van der Waals surface area contributed by atoms with E-state index >= 15 is 0 Å². The van der Waals surface area contributed by atoms with Gasteiger partial charge >= 0.3 is 5.97 Å². The van der Waals surface area contributed by atoms with Crippen molar-refractivity contribution in [1.29, 1.82) is 0 Å². The number of rotatable bonds is 5. The third kappa shape index (κ3) is 3.79. The number of benzene rings is 1. The largest absolute Gasteiger partial charge is 0.480 e. The molecule has 0 spiro atoms. The summed E-state index contributed by atoms with van der Waals surface area (Å²) in [4.78, 5) is 10.8. The van der Waals surface area contributed by atoms with Crippen LogP contribution in [-0.2, 0) is 4.79 Å². The zero-order valence-corrected chi connectivity index (χ0v) is 9.05.